The van der Waals surface area contributed by atoms with Crippen LogP contribution in [0.25, 0.3) is 20.4 Å². The number of aryl methyl sites for hydroxylation is 2. The average Bonchev–Trinajstić information content (AvgIpc) is 3.21. The Balaban J connectivity index is 1.54. The number of nitrogen functional groups attached to an aromatic ring is 2. The van der Waals surface area contributed by atoms with Gasteiger partial charge in [-0.05, 0) is 36.4 Å². The molecule has 0 aliphatic rings. The van der Waals surface area contributed by atoms with Gasteiger partial charge in [0.05, 0.1) is 30.4 Å². The molecule has 0 spiro atoms. The van der Waals surface area contributed by atoms with Gasteiger partial charge in [-0.1, -0.05) is 0 Å². The Bertz CT molecular complexity index is 1070. The topological polar surface area (TPSA) is 126 Å². The van der Waals surface area contributed by atoms with Crippen LogP contribution in [0.15, 0.2) is 36.4 Å². The molecule has 2 aromatic carbocycles. The molecule has 0 fully saturated rings. The Morgan fingerprint density at radius 2 is 1.19 bits per heavy atom. The molecule has 0 aliphatic heterocycles. The minimum Gasteiger partial charge on any atom is -0.384 e. The first-order valence-electron chi connectivity index (χ1n) is 7.97. The van der Waals surface area contributed by atoms with E-state index >= 15 is 0 Å². The highest BCUT2D eigenvalue weighted by Gasteiger charge is 2.09. The van der Waals surface area contributed by atoms with E-state index in [2.05, 4.69) is 9.97 Å². The lowest BCUT2D eigenvalue weighted by atomic mass is 10.2. The first-order chi connectivity index (χ1) is 12.5. The van der Waals surface area contributed by atoms with Crippen LogP contribution in [-0.2, 0) is 12.8 Å². The number of benzene rings is 2. The number of fused-ring (bicyclic) bond motifs is 2. The van der Waals surface area contributed by atoms with Crippen LogP contribution in [0.2, 0.25) is 0 Å². The number of rotatable bonds is 5. The highest BCUT2D eigenvalue weighted by Crippen LogP contribution is 2.27. The summed E-state index contributed by atoms with van der Waals surface area (Å²) in [7, 11) is 0. The van der Waals surface area contributed by atoms with Crippen LogP contribution in [0.3, 0.4) is 0 Å². The molecular weight excluding hydrogens is 364 g/mol. The maximum atomic E-state index is 7.54. The third-order valence-electron chi connectivity index (χ3n) is 4.04. The van der Waals surface area contributed by atoms with Gasteiger partial charge in [0.2, 0.25) is 0 Å². The Kier molecular flexibility index (Phi) is 4.14. The Labute approximate surface area is 157 Å². The molecule has 2 heterocycles. The number of nitrogens with zero attached hydrogens (tertiary/aromatic N) is 2. The fourth-order valence-electron chi connectivity index (χ4n) is 2.71. The van der Waals surface area contributed by atoms with Crippen molar-refractivity contribution in [1.82, 2.24) is 9.97 Å². The number of amidine groups is 2. The quantitative estimate of drug-likeness (QED) is 0.313. The fraction of sp³-hybridized carbons (Fsp3) is 0.111. The van der Waals surface area contributed by atoms with E-state index in [0.717, 1.165) is 54.4 Å². The molecule has 2 aromatic heterocycles. The summed E-state index contributed by atoms with van der Waals surface area (Å²) in [5, 5.41) is 17.2. The summed E-state index contributed by atoms with van der Waals surface area (Å²) in [6.07, 6.45) is 1.63. The van der Waals surface area contributed by atoms with Crippen LogP contribution in [0.1, 0.15) is 21.1 Å². The summed E-state index contributed by atoms with van der Waals surface area (Å²) in [5.74, 6) is 0.141. The molecule has 0 radical (unpaired) electrons. The second kappa shape index (κ2) is 6.47. The molecule has 6 N–H and O–H groups in total. The number of nitrogens with two attached hydrogens (primary N) is 2. The van der Waals surface area contributed by atoms with Gasteiger partial charge in [-0.15, -0.1) is 22.7 Å². The largest absolute Gasteiger partial charge is 0.384 e. The predicted molar refractivity (Wildman–Crippen MR) is 109 cm³/mol. The van der Waals surface area contributed by atoms with Gasteiger partial charge < -0.3 is 11.5 Å². The van der Waals surface area contributed by atoms with Crippen LogP contribution < -0.4 is 11.5 Å². The smallest absolute Gasteiger partial charge is 0.122 e. The van der Waals surface area contributed by atoms with Crippen LogP contribution in [0.5, 0.6) is 0 Å². The van der Waals surface area contributed by atoms with Crippen molar-refractivity contribution in [1.29, 1.82) is 10.8 Å². The molecule has 0 saturated carbocycles. The van der Waals surface area contributed by atoms with Crippen molar-refractivity contribution < 1.29 is 0 Å². The maximum absolute atomic E-state index is 7.54. The normalized spacial score (nSPS) is 11.2. The summed E-state index contributed by atoms with van der Waals surface area (Å²) in [4.78, 5) is 9.32. The fourth-order valence-corrected chi connectivity index (χ4v) is 4.72. The molecule has 26 heavy (non-hydrogen) atoms. The first kappa shape index (κ1) is 16.6. The molecule has 0 bridgehead atoms. The molecule has 0 aliphatic carbocycles. The van der Waals surface area contributed by atoms with E-state index in [-0.39, 0.29) is 11.7 Å². The van der Waals surface area contributed by atoms with E-state index in [9.17, 15) is 0 Å². The minimum atomic E-state index is 0.0706. The minimum absolute atomic E-state index is 0.0706. The second-order valence-electron chi connectivity index (χ2n) is 5.91. The molecule has 0 atom stereocenters. The van der Waals surface area contributed by atoms with E-state index in [1.165, 1.54) is 0 Å². The van der Waals surface area contributed by atoms with Gasteiger partial charge in [-0.25, -0.2) is 9.97 Å². The zero-order chi connectivity index (χ0) is 18.3. The second-order valence-corrected chi connectivity index (χ2v) is 8.14. The van der Waals surface area contributed by atoms with Gasteiger partial charge in [0.15, 0.2) is 0 Å². The molecule has 0 saturated heterocycles. The highest BCUT2D eigenvalue weighted by molar-refractivity contribution is 7.19. The van der Waals surface area contributed by atoms with Gasteiger partial charge >= 0.3 is 0 Å². The maximum Gasteiger partial charge on any atom is 0.122 e. The third kappa shape index (κ3) is 3.16. The lowest BCUT2D eigenvalue weighted by Crippen LogP contribution is -2.10. The molecule has 6 nitrogen and oxygen atoms in total. The van der Waals surface area contributed by atoms with Crippen molar-refractivity contribution in [2.45, 2.75) is 12.8 Å². The zero-order valence-electron chi connectivity index (χ0n) is 13.7. The van der Waals surface area contributed by atoms with Crippen LogP contribution in [0.4, 0.5) is 0 Å². The van der Waals surface area contributed by atoms with Crippen LogP contribution in [-0.4, -0.2) is 21.6 Å². The number of hydrogen-bond donors (Lipinski definition) is 4. The van der Waals surface area contributed by atoms with E-state index < -0.39 is 0 Å². The lowest BCUT2D eigenvalue weighted by molar-refractivity contribution is 0.939. The summed E-state index contributed by atoms with van der Waals surface area (Å²) < 4.78 is 2.09. The lowest BCUT2D eigenvalue weighted by Gasteiger charge is -1.95. The molecule has 0 amide bonds. The molecule has 4 aromatic rings. The molecule has 0 unspecified atom stereocenters. The zero-order valence-corrected chi connectivity index (χ0v) is 15.4. The molecule has 4 rings (SSSR count). The highest BCUT2D eigenvalue weighted by atomic mass is 32.1. The monoisotopic (exact) mass is 380 g/mol. The third-order valence-corrected chi connectivity index (χ3v) is 6.20. The standard InChI is InChI=1S/C18H16N6S2/c19-17(20)9-1-3-11-13(7-9)25-15(23-11)5-6-16-24-12-4-2-10(18(21)22)8-14(12)26-16/h1-4,7-8H,5-6H2,(H3,19,20)(H3,21,22). The van der Waals surface area contributed by atoms with Crippen molar-refractivity contribution in [3.63, 3.8) is 0 Å². The average molecular weight is 381 g/mol. The molecule has 130 valence electrons. The number of aromatic nitrogens is 2. The SMILES string of the molecule is N=C(N)c1ccc2nc(CCc3nc4ccc(C(=N)N)cc4s3)sc2c1. The van der Waals surface area contributed by atoms with Crippen molar-refractivity contribution >= 4 is 54.8 Å². The van der Waals surface area contributed by atoms with Gasteiger partial charge in [-0.3, -0.25) is 10.8 Å². The van der Waals surface area contributed by atoms with Gasteiger partial charge in [-0.2, -0.15) is 0 Å². The van der Waals surface area contributed by atoms with E-state index in [0.29, 0.717) is 0 Å². The number of hydrogen-bond acceptors (Lipinski definition) is 6. The summed E-state index contributed by atoms with van der Waals surface area (Å²) >= 11 is 3.26. The molecule has 8 heteroatoms. The van der Waals surface area contributed by atoms with Crippen molar-refractivity contribution in [3.05, 3.63) is 57.5 Å². The van der Waals surface area contributed by atoms with Gasteiger partial charge in [0.25, 0.3) is 0 Å². The van der Waals surface area contributed by atoms with Crippen molar-refractivity contribution in [2.75, 3.05) is 0 Å². The van der Waals surface area contributed by atoms with Crippen molar-refractivity contribution in [2.24, 2.45) is 11.5 Å². The predicted octanol–water partition coefficient (Wildman–Crippen LogP) is 3.26. The van der Waals surface area contributed by atoms with Crippen molar-refractivity contribution in [3.8, 4) is 0 Å². The number of thiazole rings is 2. The Morgan fingerprint density at radius 1 is 0.769 bits per heavy atom. The van der Waals surface area contributed by atoms with Crippen LogP contribution in [0, 0.1) is 10.8 Å². The number of nitrogens with one attached hydrogen (secondary N) is 2. The van der Waals surface area contributed by atoms with E-state index in [4.69, 9.17) is 22.3 Å². The van der Waals surface area contributed by atoms with E-state index in [1.807, 2.05) is 36.4 Å². The first-order valence-corrected chi connectivity index (χ1v) is 9.60. The summed E-state index contributed by atoms with van der Waals surface area (Å²) in [5.41, 5.74) is 14.4. The molecular formula is C18H16N6S2. The van der Waals surface area contributed by atoms with Crippen LogP contribution >= 0.6 is 22.7 Å². The van der Waals surface area contributed by atoms with E-state index in [1.54, 1.807) is 22.7 Å². The van der Waals surface area contributed by atoms with Gasteiger partial charge in [0, 0.05) is 24.0 Å². The Morgan fingerprint density at radius 3 is 1.58 bits per heavy atom. The summed E-state index contributed by atoms with van der Waals surface area (Å²) in [6.45, 7) is 0. The van der Waals surface area contributed by atoms with Gasteiger partial charge in [0.1, 0.15) is 11.7 Å². The Hall–Kier alpha value is -2.84. The summed E-state index contributed by atoms with van der Waals surface area (Å²) in [6, 6.07) is 11.3.